The molecule has 0 bridgehead atoms. The van der Waals surface area contributed by atoms with E-state index in [-0.39, 0.29) is 19.0 Å². The fourth-order valence-corrected chi connectivity index (χ4v) is 3.50. The van der Waals surface area contributed by atoms with E-state index in [2.05, 4.69) is 16.5 Å². The second-order valence-corrected chi connectivity index (χ2v) is 7.28. The SMILES string of the molecule is O=C(CN1CC=C(c2cnn(-c3ccccc3)c2)CC1)NCc1cc(F)cc(F)c1. The Labute approximate surface area is 173 Å². The molecular formula is C23H22F2N4O. The summed E-state index contributed by atoms with van der Waals surface area (Å²) in [7, 11) is 0. The Morgan fingerprint density at radius 2 is 1.87 bits per heavy atom. The molecule has 5 nitrogen and oxygen atoms in total. The van der Waals surface area contributed by atoms with Crippen molar-refractivity contribution in [3.63, 3.8) is 0 Å². The molecule has 30 heavy (non-hydrogen) atoms. The van der Waals surface area contributed by atoms with Crippen LogP contribution in [0.5, 0.6) is 0 Å². The lowest BCUT2D eigenvalue weighted by molar-refractivity contribution is -0.122. The van der Waals surface area contributed by atoms with Gasteiger partial charge in [-0.1, -0.05) is 24.3 Å². The van der Waals surface area contributed by atoms with Gasteiger partial charge in [0.05, 0.1) is 18.4 Å². The van der Waals surface area contributed by atoms with Crippen molar-refractivity contribution in [2.24, 2.45) is 0 Å². The van der Waals surface area contributed by atoms with Crippen LogP contribution in [0.25, 0.3) is 11.3 Å². The number of aromatic nitrogens is 2. The highest BCUT2D eigenvalue weighted by Crippen LogP contribution is 2.22. The van der Waals surface area contributed by atoms with Crippen molar-refractivity contribution >= 4 is 11.5 Å². The van der Waals surface area contributed by atoms with Gasteiger partial charge >= 0.3 is 0 Å². The van der Waals surface area contributed by atoms with Crippen LogP contribution in [0.15, 0.2) is 67.0 Å². The van der Waals surface area contributed by atoms with Gasteiger partial charge in [0.25, 0.3) is 0 Å². The third kappa shape index (κ3) is 4.99. The first-order valence-electron chi connectivity index (χ1n) is 9.80. The summed E-state index contributed by atoms with van der Waals surface area (Å²) >= 11 is 0. The van der Waals surface area contributed by atoms with Crippen LogP contribution >= 0.6 is 0 Å². The zero-order chi connectivity index (χ0) is 20.9. The van der Waals surface area contributed by atoms with Crippen molar-refractivity contribution in [1.29, 1.82) is 0 Å². The summed E-state index contributed by atoms with van der Waals surface area (Å²) in [5.74, 6) is -1.47. The molecule has 1 N–H and O–H groups in total. The Hall–Kier alpha value is -3.32. The molecule has 0 saturated carbocycles. The monoisotopic (exact) mass is 408 g/mol. The minimum Gasteiger partial charge on any atom is -0.351 e. The van der Waals surface area contributed by atoms with Crippen LogP contribution in [0.4, 0.5) is 8.78 Å². The number of nitrogens with zero attached hydrogens (tertiary/aromatic N) is 3. The van der Waals surface area contributed by atoms with Crippen LogP contribution in [0.2, 0.25) is 0 Å². The molecule has 7 heteroatoms. The maximum absolute atomic E-state index is 13.2. The Morgan fingerprint density at radius 1 is 1.10 bits per heavy atom. The number of halogens is 2. The summed E-state index contributed by atoms with van der Waals surface area (Å²) in [5.41, 5.74) is 3.70. The van der Waals surface area contributed by atoms with Crippen molar-refractivity contribution in [2.45, 2.75) is 13.0 Å². The van der Waals surface area contributed by atoms with E-state index in [0.29, 0.717) is 12.1 Å². The van der Waals surface area contributed by atoms with E-state index < -0.39 is 11.6 Å². The minimum atomic E-state index is -0.650. The average Bonchev–Trinajstić information content (AvgIpc) is 3.23. The van der Waals surface area contributed by atoms with Gasteiger partial charge in [-0.3, -0.25) is 9.69 Å². The Morgan fingerprint density at radius 3 is 2.57 bits per heavy atom. The lowest BCUT2D eigenvalue weighted by Gasteiger charge is -2.25. The third-order valence-corrected chi connectivity index (χ3v) is 5.05. The summed E-state index contributed by atoms with van der Waals surface area (Å²) in [4.78, 5) is 14.2. The molecule has 0 saturated heterocycles. The summed E-state index contributed by atoms with van der Waals surface area (Å²) in [5, 5.41) is 7.16. The first-order chi connectivity index (χ1) is 14.6. The van der Waals surface area contributed by atoms with Crippen LogP contribution in [-0.2, 0) is 11.3 Å². The lowest BCUT2D eigenvalue weighted by atomic mass is 10.0. The fraction of sp³-hybridized carbons (Fsp3) is 0.217. The van der Waals surface area contributed by atoms with Crippen molar-refractivity contribution in [1.82, 2.24) is 20.0 Å². The standard InChI is InChI=1S/C23H22F2N4O/c24-20-10-17(11-21(25)12-20)13-26-23(30)16-28-8-6-18(7-9-28)19-14-27-29(15-19)22-4-2-1-3-5-22/h1-6,10-12,14-15H,7-9,13,16H2,(H,26,30). The molecule has 1 aliphatic rings. The van der Waals surface area contributed by atoms with Gasteiger partial charge in [0.1, 0.15) is 11.6 Å². The summed E-state index contributed by atoms with van der Waals surface area (Å²) < 4.78 is 28.3. The van der Waals surface area contributed by atoms with E-state index in [4.69, 9.17) is 0 Å². The molecule has 0 unspecified atom stereocenters. The van der Waals surface area contributed by atoms with E-state index >= 15 is 0 Å². The zero-order valence-corrected chi connectivity index (χ0v) is 16.4. The predicted molar refractivity (Wildman–Crippen MR) is 111 cm³/mol. The van der Waals surface area contributed by atoms with Crippen molar-refractivity contribution in [3.05, 3.63) is 89.8 Å². The fourth-order valence-electron chi connectivity index (χ4n) is 3.50. The normalized spacial score (nSPS) is 14.4. The number of hydrogen-bond donors (Lipinski definition) is 1. The number of carbonyl (C=O) groups is 1. The molecular weight excluding hydrogens is 386 g/mol. The summed E-state index contributed by atoms with van der Waals surface area (Å²) in [6, 6.07) is 13.2. The molecule has 1 aromatic heterocycles. The number of nitrogens with one attached hydrogen (secondary N) is 1. The highest BCUT2D eigenvalue weighted by atomic mass is 19.1. The molecule has 3 aromatic rings. The van der Waals surface area contributed by atoms with E-state index in [9.17, 15) is 13.6 Å². The van der Waals surface area contributed by atoms with Gasteiger partial charge in [-0.05, 0) is 41.8 Å². The minimum absolute atomic E-state index is 0.0983. The Balaban J connectivity index is 1.29. The van der Waals surface area contributed by atoms with Crippen LogP contribution < -0.4 is 5.32 Å². The van der Waals surface area contributed by atoms with E-state index in [1.54, 1.807) is 0 Å². The maximum atomic E-state index is 13.2. The average molecular weight is 408 g/mol. The molecule has 2 aromatic carbocycles. The number of benzene rings is 2. The van der Waals surface area contributed by atoms with Gasteiger partial charge in [0, 0.05) is 37.5 Å². The highest BCUT2D eigenvalue weighted by molar-refractivity contribution is 5.78. The third-order valence-electron chi connectivity index (χ3n) is 5.05. The molecule has 0 spiro atoms. The molecule has 4 rings (SSSR count). The molecule has 0 radical (unpaired) electrons. The molecule has 1 amide bonds. The van der Waals surface area contributed by atoms with E-state index in [1.165, 1.54) is 17.7 Å². The largest absolute Gasteiger partial charge is 0.351 e. The number of para-hydroxylation sites is 1. The van der Waals surface area contributed by atoms with Gasteiger partial charge in [0.15, 0.2) is 0 Å². The predicted octanol–water partition coefficient (Wildman–Crippen LogP) is 3.56. The Kier molecular flexibility index (Phi) is 5.99. The molecule has 1 aliphatic heterocycles. The number of hydrogen-bond acceptors (Lipinski definition) is 3. The van der Waals surface area contributed by atoms with Crippen LogP contribution in [0.3, 0.4) is 0 Å². The van der Waals surface area contributed by atoms with Crippen LogP contribution in [-0.4, -0.2) is 40.2 Å². The van der Waals surface area contributed by atoms with Gasteiger partial charge in [-0.25, -0.2) is 13.5 Å². The first kappa shape index (κ1) is 20.0. The second-order valence-electron chi connectivity index (χ2n) is 7.28. The van der Waals surface area contributed by atoms with Crippen molar-refractivity contribution in [2.75, 3.05) is 19.6 Å². The number of amides is 1. The summed E-state index contributed by atoms with van der Waals surface area (Å²) in [6.07, 6.45) is 6.81. The van der Waals surface area contributed by atoms with E-state index in [1.807, 2.05) is 52.3 Å². The van der Waals surface area contributed by atoms with Crippen molar-refractivity contribution in [3.8, 4) is 5.69 Å². The smallest absolute Gasteiger partial charge is 0.234 e. The zero-order valence-electron chi connectivity index (χ0n) is 16.4. The molecule has 0 atom stereocenters. The maximum Gasteiger partial charge on any atom is 0.234 e. The highest BCUT2D eigenvalue weighted by Gasteiger charge is 2.17. The van der Waals surface area contributed by atoms with Crippen molar-refractivity contribution < 1.29 is 13.6 Å². The molecule has 0 fully saturated rings. The lowest BCUT2D eigenvalue weighted by Crippen LogP contribution is -2.39. The first-order valence-corrected chi connectivity index (χ1v) is 9.80. The van der Waals surface area contributed by atoms with Gasteiger partial charge in [0.2, 0.25) is 5.91 Å². The van der Waals surface area contributed by atoms with Gasteiger partial charge < -0.3 is 5.32 Å². The molecule has 154 valence electrons. The summed E-state index contributed by atoms with van der Waals surface area (Å²) in [6.45, 7) is 1.75. The molecule has 2 heterocycles. The second kappa shape index (κ2) is 9.00. The van der Waals surface area contributed by atoms with Gasteiger partial charge in [-0.2, -0.15) is 5.10 Å². The number of rotatable bonds is 6. The topological polar surface area (TPSA) is 50.2 Å². The Bertz CT molecular complexity index is 1040. The van der Waals surface area contributed by atoms with Crippen LogP contribution in [0, 0.1) is 11.6 Å². The van der Waals surface area contributed by atoms with Crippen LogP contribution in [0.1, 0.15) is 17.5 Å². The molecule has 0 aliphatic carbocycles. The quantitative estimate of drug-likeness (QED) is 0.679. The van der Waals surface area contributed by atoms with Gasteiger partial charge in [-0.15, -0.1) is 0 Å². The van der Waals surface area contributed by atoms with E-state index in [0.717, 1.165) is 30.3 Å². The number of carbonyl (C=O) groups excluding carboxylic acids is 1.